The predicted octanol–water partition coefficient (Wildman–Crippen LogP) is 2.22. The van der Waals surface area contributed by atoms with Crippen LogP contribution in [-0.2, 0) is 9.59 Å². The number of methoxy groups -OCH3 is 1. The fourth-order valence-corrected chi connectivity index (χ4v) is 4.02. The molecule has 1 aromatic carbocycles. The molecule has 0 spiro atoms. The van der Waals surface area contributed by atoms with E-state index in [0.29, 0.717) is 22.9 Å². The minimum atomic E-state index is -0.479. The van der Waals surface area contributed by atoms with Crippen LogP contribution in [-0.4, -0.2) is 54.2 Å². The molecule has 2 atom stereocenters. The predicted molar refractivity (Wildman–Crippen MR) is 94.9 cm³/mol. The van der Waals surface area contributed by atoms with Crippen LogP contribution in [0.2, 0.25) is 5.02 Å². The molecule has 2 heterocycles. The molecule has 7 heteroatoms. The van der Waals surface area contributed by atoms with E-state index in [1.54, 1.807) is 18.2 Å². The first-order chi connectivity index (χ1) is 12.1. The van der Waals surface area contributed by atoms with Crippen LogP contribution < -0.4 is 9.64 Å². The quantitative estimate of drug-likeness (QED) is 0.809. The summed E-state index contributed by atoms with van der Waals surface area (Å²) in [6, 6.07) is 4.56. The number of carbonyl (C=O) groups excluding carboxylic acids is 2. The number of aliphatic hydroxyl groups is 1. The van der Waals surface area contributed by atoms with E-state index in [2.05, 4.69) is 4.90 Å². The highest BCUT2D eigenvalue weighted by Gasteiger charge is 2.45. The van der Waals surface area contributed by atoms with Crippen LogP contribution in [0.1, 0.15) is 32.1 Å². The summed E-state index contributed by atoms with van der Waals surface area (Å²) in [5, 5.41) is 9.75. The Labute approximate surface area is 152 Å². The van der Waals surface area contributed by atoms with Crippen LogP contribution in [0.5, 0.6) is 5.75 Å². The summed E-state index contributed by atoms with van der Waals surface area (Å²) in [5.41, 5.74) is 0.392. The summed E-state index contributed by atoms with van der Waals surface area (Å²) < 4.78 is 5.30. The number of imide groups is 1. The molecule has 1 N–H and O–H groups in total. The third-order valence-electron chi connectivity index (χ3n) is 5.04. The maximum atomic E-state index is 13.0. The van der Waals surface area contributed by atoms with Gasteiger partial charge < -0.3 is 9.84 Å². The van der Waals surface area contributed by atoms with Crippen molar-refractivity contribution in [2.24, 2.45) is 0 Å². The summed E-state index contributed by atoms with van der Waals surface area (Å²) >= 11 is 6.05. The van der Waals surface area contributed by atoms with Gasteiger partial charge in [0.15, 0.2) is 0 Å². The molecule has 3 rings (SSSR count). The van der Waals surface area contributed by atoms with E-state index in [4.69, 9.17) is 16.3 Å². The highest BCUT2D eigenvalue weighted by atomic mass is 35.5. The van der Waals surface area contributed by atoms with Crippen molar-refractivity contribution in [3.05, 3.63) is 23.2 Å². The molecule has 25 heavy (non-hydrogen) atoms. The second kappa shape index (κ2) is 7.72. The van der Waals surface area contributed by atoms with Gasteiger partial charge in [0.2, 0.25) is 5.91 Å². The average molecular weight is 367 g/mol. The van der Waals surface area contributed by atoms with Crippen LogP contribution in [0.4, 0.5) is 5.69 Å². The van der Waals surface area contributed by atoms with E-state index in [9.17, 15) is 14.7 Å². The van der Waals surface area contributed by atoms with Gasteiger partial charge in [0.25, 0.3) is 5.91 Å². The molecule has 0 radical (unpaired) electrons. The van der Waals surface area contributed by atoms with Crippen LogP contribution in [0, 0.1) is 0 Å². The number of benzene rings is 1. The number of halogens is 1. The second-order valence-corrected chi connectivity index (χ2v) is 6.94. The number of hydrogen-bond donors (Lipinski definition) is 1. The van der Waals surface area contributed by atoms with Gasteiger partial charge in [0.1, 0.15) is 5.75 Å². The molecule has 0 aliphatic carbocycles. The number of rotatable bonds is 5. The van der Waals surface area contributed by atoms with Crippen molar-refractivity contribution < 1.29 is 19.4 Å². The maximum Gasteiger partial charge on any atom is 0.251 e. The Bertz CT molecular complexity index is 664. The van der Waals surface area contributed by atoms with Crippen molar-refractivity contribution in [2.75, 3.05) is 25.2 Å². The molecular weight excluding hydrogens is 344 g/mol. The lowest BCUT2D eigenvalue weighted by molar-refractivity contribution is -0.124. The number of anilines is 1. The molecule has 2 saturated heterocycles. The Balaban J connectivity index is 1.89. The minimum absolute atomic E-state index is 0.0852. The second-order valence-electron chi connectivity index (χ2n) is 6.50. The van der Waals surface area contributed by atoms with Gasteiger partial charge in [-0.3, -0.25) is 14.5 Å². The molecule has 0 bridgehead atoms. The molecule has 0 saturated carbocycles. The van der Waals surface area contributed by atoms with Crippen molar-refractivity contribution in [2.45, 2.75) is 44.2 Å². The standard InChI is InChI=1S/C18H23ClN2O4/c1-25-16-6-5-12(19)10-14(16)21-17(23)11-15(18(21)24)20-8-3-2-4-13(20)7-9-22/h5-6,10,13,15,22H,2-4,7-9,11H2,1H3/t13-,15+/m1/s1. The summed E-state index contributed by atoms with van der Waals surface area (Å²) in [4.78, 5) is 28.9. The van der Waals surface area contributed by atoms with Gasteiger partial charge in [-0.05, 0) is 44.0 Å². The number of carbonyl (C=O) groups is 2. The van der Waals surface area contributed by atoms with Crippen LogP contribution >= 0.6 is 11.6 Å². The Morgan fingerprint density at radius 3 is 2.84 bits per heavy atom. The molecule has 136 valence electrons. The average Bonchev–Trinajstić information content (AvgIpc) is 2.90. The summed E-state index contributed by atoms with van der Waals surface area (Å²) in [6.07, 6.45) is 3.80. The lowest BCUT2D eigenvalue weighted by Crippen LogP contribution is -2.50. The Morgan fingerprint density at radius 1 is 1.32 bits per heavy atom. The molecule has 6 nitrogen and oxygen atoms in total. The fourth-order valence-electron chi connectivity index (χ4n) is 3.86. The van der Waals surface area contributed by atoms with E-state index in [1.165, 1.54) is 12.0 Å². The lowest BCUT2D eigenvalue weighted by atomic mass is 9.97. The van der Waals surface area contributed by atoms with Gasteiger partial charge >= 0.3 is 0 Å². The molecule has 0 aromatic heterocycles. The van der Waals surface area contributed by atoms with Crippen molar-refractivity contribution in [3.63, 3.8) is 0 Å². The van der Waals surface area contributed by atoms with Gasteiger partial charge in [0, 0.05) is 17.7 Å². The van der Waals surface area contributed by atoms with Crippen molar-refractivity contribution in [1.82, 2.24) is 4.90 Å². The number of ether oxygens (including phenoxy) is 1. The smallest absolute Gasteiger partial charge is 0.251 e. The third kappa shape index (κ3) is 3.52. The van der Waals surface area contributed by atoms with Gasteiger partial charge in [0.05, 0.1) is 25.3 Å². The van der Waals surface area contributed by atoms with E-state index in [0.717, 1.165) is 25.8 Å². The zero-order valence-electron chi connectivity index (χ0n) is 14.3. The van der Waals surface area contributed by atoms with E-state index in [1.807, 2.05) is 0 Å². The topological polar surface area (TPSA) is 70.1 Å². The maximum absolute atomic E-state index is 13.0. The van der Waals surface area contributed by atoms with Crippen LogP contribution in [0.25, 0.3) is 0 Å². The van der Waals surface area contributed by atoms with Gasteiger partial charge in [-0.2, -0.15) is 0 Å². The molecule has 0 unspecified atom stereocenters. The van der Waals surface area contributed by atoms with Crippen molar-refractivity contribution in [1.29, 1.82) is 0 Å². The number of likely N-dealkylation sites (tertiary alicyclic amines) is 1. The number of piperidine rings is 1. The monoisotopic (exact) mass is 366 g/mol. The minimum Gasteiger partial charge on any atom is -0.495 e. The summed E-state index contributed by atoms with van der Waals surface area (Å²) in [5.74, 6) is -0.0448. The zero-order valence-corrected chi connectivity index (χ0v) is 15.0. The summed E-state index contributed by atoms with van der Waals surface area (Å²) in [6.45, 7) is 0.858. The Kier molecular flexibility index (Phi) is 5.61. The first-order valence-corrected chi connectivity index (χ1v) is 9.01. The van der Waals surface area contributed by atoms with Crippen molar-refractivity contribution in [3.8, 4) is 5.75 Å². The first-order valence-electron chi connectivity index (χ1n) is 8.63. The molecule has 1 aromatic rings. The van der Waals surface area contributed by atoms with E-state index in [-0.39, 0.29) is 30.9 Å². The third-order valence-corrected chi connectivity index (χ3v) is 5.28. The lowest BCUT2D eigenvalue weighted by Gasteiger charge is -2.38. The first kappa shape index (κ1) is 18.2. The van der Waals surface area contributed by atoms with Crippen LogP contribution in [0.15, 0.2) is 18.2 Å². The molecular formula is C18H23ClN2O4. The van der Waals surface area contributed by atoms with E-state index >= 15 is 0 Å². The molecule has 2 aliphatic heterocycles. The highest BCUT2D eigenvalue weighted by Crippen LogP contribution is 2.36. The Morgan fingerprint density at radius 2 is 2.12 bits per heavy atom. The number of nitrogens with zero attached hydrogens (tertiary/aromatic N) is 2. The van der Waals surface area contributed by atoms with Gasteiger partial charge in [-0.15, -0.1) is 0 Å². The highest BCUT2D eigenvalue weighted by molar-refractivity contribution is 6.31. The fraction of sp³-hybridized carbons (Fsp3) is 0.556. The molecule has 2 aliphatic rings. The van der Waals surface area contributed by atoms with Crippen LogP contribution in [0.3, 0.4) is 0 Å². The molecule has 2 amide bonds. The number of hydrogen-bond acceptors (Lipinski definition) is 5. The SMILES string of the molecule is COc1ccc(Cl)cc1N1C(=O)C[C@H](N2CCCC[C@@H]2CCO)C1=O. The molecule has 2 fully saturated rings. The summed E-state index contributed by atoms with van der Waals surface area (Å²) in [7, 11) is 1.50. The zero-order chi connectivity index (χ0) is 18.0. The number of aliphatic hydroxyl groups excluding tert-OH is 1. The largest absolute Gasteiger partial charge is 0.495 e. The normalized spacial score (nSPS) is 24.8. The number of amides is 2. The van der Waals surface area contributed by atoms with Gasteiger partial charge in [-0.1, -0.05) is 18.0 Å². The van der Waals surface area contributed by atoms with Crippen molar-refractivity contribution >= 4 is 29.1 Å². The van der Waals surface area contributed by atoms with Gasteiger partial charge in [-0.25, -0.2) is 4.90 Å². The Hall–Kier alpha value is -1.63. The van der Waals surface area contributed by atoms with E-state index < -0.39 is 6.04 Å².